The van der Waals surface area contributed by atoms with E-state index in [9.17, 15) is 4.79 Å². The van der Waals surface area contributed by atoms with Gasteiger partial charge in [0.2, 0.25) is 5.91 Å². The molecule has 1 aromatic rings. The van der Waals surface area contributed by atoms with E-state index in [2.05, 4.69) is 25.5 Å². The van der Waals surface area contributed by atoms with E-state index in [1.165, 1.54) is 25.7 Å². The molecule has 1 aromatic heterocycles. The summed E-state index contributed by atoms with van der Waals surface area (Å²) in [6.07, 6.45) is 9.66. The maximum absolute atomic E-state index is 12.9. The second-order valence-electron chi connectivity index (χ2n) is 7.43. The summed E-state index contributed by atoms with van der Waals surface area (Å²) in [4.78, 5) is 22.6. The molecule has 3 N–H and O–H groups in total. The van der Waals surface area contributed by atoms with Gasteiger partial charge < -0.3 is 15.6 Å². The van der Waals surface area contributed by atoms with E-state index < -0.39 is 0 Å². The molecule has 0 radical (unpaired) electrons. The zero-order chi connectivity index (χ0) is 15.7. The number of likely N-dealkylation sites (tertiary alicyclic amines) is 1. The summed E-state index contributed by atoms with van der Waals surface area (Å²) in [6.45, 7) is 4.52. The van der Waals surface area contributed by atoms with Crippen LogP contribution in [0.5, 0.6) is 0 Å². The van der Waals surface area contributed by atoms with Crippen LogP contribution in [-0.2, 0) is 11.2 Å². The molecule has 6 heteroatoms. The van der Waals surface area contributed by atoms with Gasteiger partial charge in [0.05, 0.1) is 11.7 Å². The van der Waals surface area contributed by atoms with Gasteiger partial charge in [0.1, 0.15) is 0 Å². The molecule has 23 heavy (non-hydrogen) atoms. The summed E-state index contributed by atoms with van der Waals surface area (Å²) >= 11 is 0. The Morgan fingerprint density at radius 1 is 1.43 bits per heavy atom. The fourth-order valence-corrected chi connectivity index (χ4v) is 4.74. The first-order valence-electron chi connectivity index (χ1n) is 8.98. The smallest absolute Gasteiger partial charge is 0.229 e. The Morgan fingerprint density at radius 3 is 3.09 bits per heavy atom. The Bertz CT molecular complexity index is 539. The van der Waals surface area contributed by atoms with Crippen molar-refractivity contribution in [2.45, 2.75) is 38.1 Å². The van der Waals surface area contributed by atoms with Crippen molar-refractivity contribution in [3.63, 3.8) is 0 Å². The zero-order valence-electron chi connectivity index (χ0n) is 13.7. The Hall–Kier alpha value is -1.40. The fraction of sp³-hybridized carbons (Fsp3) is 0.765. The first-order chi connectivity index (χ1) is 11.3. The minimum Gasteiger partial charge on any atom is -0.355 e. The number of nitrogens with one attached hydrogen (secondary N) is 3. The highest BCUT2D eigenvalue weighted by Gasteiger charge is 2.55. The van der Waals surface area contributed by atoms with E-state index in [4.69, 9.17) is 0 Å². The number of hydrogen-bond donors (Lipinski definition) is 3. The monoisotopic (exact) mass is 317 g/mol. The van der Waals surface area contributed by atoms with Crippen molar-refractivity contribution in [1.29, 1.82) is 0 Å². The molecule has 0 unspecified atom stereocenters. The lowest BCUT2D eigenvalue weighted by Gasteiger charge is -2.29. The predicted octanol–water partition coefficient (Wildman–Crippen LogP) is 0.532. The standard InChI is InChI=1S/C17H27N5O/c23-16(20-6-5-14-8-19-12-21-14)17-10-18-7-13(17)9-22(11-17)15-3-1-2-4-15/h8,12-13,15,18H,1-7,9-11H2,(H,19,21)(H,20,23)/t13-,17-/m1/s1. The van der Waals surface area contributed by atoms with Crippen LogP contribution in [0, 0.1) is 11.3 Å². The Labute approximate surface area is 137 Å². The number of hydrogen-bond acceptors (Lipinski definition) is 4. The van der Waals surface area contributed by atoms with E-state index in [1.54, 1.807) is 6.33 Å². The summed E-state index contributed by atoms with van der Waals surface area (Å²) in [5, 5.41) is 6.64. The van der Waals surface area contributed by atoms with Gasteiger partial charge >= 0.3 is 0 Å². The second-order valence-corrected chi connectivity index (χ2v) is 7.43. The maximum atomic E-state index is 12.9. The normalized spacial score (nSPS) is 31.6. The maximum Gasteiger partial charge on any atom is 0.229 e. The third-order valence-electron chi connectivity index (χ3n) is 6.08. The third-order valence-corrected chi connectivity index (χ3v) is 6.08. The first kappa shape index (κ1) is 15.1. The van der Waals surface area contributed by atoms with E-state index in [1.807, 2.05) is 6.20 Å². The molecule has 0 spiro atoms. The number of carbonyl (C=O) groups excluding carboxylic acids is 1. The van der Waals surface area contributed by atoms with Gasteiger partial charge in [0.25, 0.3) is 0 Å². The molecule has 0 bridgehead atoms. The number of fused-ring (bicyclic) bond motifs is 1. The van der Waals surface area contributed by atoms with Crippen LogP contribution in [0.3, 0.4) is 0 Å². The van der Waals surface area contributed by atoms with E-state index in [-0.39, 0.29) is 11.3 Å². The number of carbonyl (C=O) groups is 1. The third kappa shape index (κ3) is 2.78. The average Bonchev–Trinajstić information content (AvgIpc) is 3.30. The molecule has 3 fully saturated rings. The number of nitrogens with zero attached hydrogens (tertiary/aromatic N) is 2. The number of H-pyrrole nitrogens is 1. The molecule has 2 saturated heterocycles. The molecule has 1 amide bonds. The Kier molecular flexibility index (Phi) is 4.11. The van der Waals surface area contributed by atoms with Gasteiger partial charge in [-0.2, -0.15) is 0 Å². The number of amides is 1. The molecule has 0 aromatic carbocycles. The van der Waals surface area contributed by atoms with Crippen molar-refractivity contribution >= 4 is 5.91 Å². The van der Waals surface area contributed by atoms with Crippen molar-refractivity contribution < 1.29 is 4.79 Å². The zero-order valence-corrected chi connectivity index (χ0v) is 13.7. The van der Waals surface area contributed by atoms with E-state index >= 15 is 0 Å². The summed E-state index contributed by atoms with van der Waals surface area (Å²) in [5.41, 5.74) is 0.860. The summed E-state index contributed by atoms with van der Waals surface area (Å²) < 4.78 is 0. The molecule has 4 rings (SSSR count). The highest BCUT2D eigenvalue weighted by Crippen LogP contribution is 2.42. The Balaban J connectivity index is 1.37. The van der Waals surface area contributed by atoms with Gasteiger partial charge in [-0.15, -0.1) is 0 Å². The summed E-state index contributed by atoms with van der Waals surface area (Å²) in [7, 11) is 0. The molecule has 3 heterocycles. The highest BCUT2D eigenvalue weighted by molar-refractivity contribution is 5.84. The van der Waals surface area contributed by atoms with Gasteiger partial charge in [-0.1, -0.05) is 12.8 Å². The number of rotatable bonds is 5. The molecule has 2 aliphatic heterocycles. The van der Waals surface area contributed by atoms with E-state index in [0.29, 0.717) is 12.5 Å². The van der Waals surface area contributed by atoms with Crippen LogP contribution in [0.15, 0.2) is 12.5 Å². The highest BCUT2D eigenvalue weighted by atomic mass is 16.2. The van der Waals surface area contributed by atoms with Crippen LogP contribution in [0.2, 0.25) is 0 Å². The van der Waals surface area contributed by atoms with Gasteiger partial charge in [0.15, 0.2) is 0 Å². The molecular formula is C17H27N5O. The van der Waals surface area contributed by atoms with Crippen molar-refractivity contribution in [1.82, 2.24) is 25.5 Å². The predicted molar refractivity (Wildman–Crippen MR) is 87.9 cm³/mol. The van der Waals surface area contributed by atoms with E-state index in [0.717, 1.165) is 44.3 Å². The summed E-state index contributed by atoms with van der Waals surface area (Å²) in [5.74, 6) is 0.711. The topological polar surface area (TPSA) is 73.0 Å². The van der Waals surface area contributed by atoms with Gasteiger partial charge in [-0.05, 0) is 12.8 Å². The lowest BCUT2D eigenvalue weighted by Crippen LogP contribution is -2.48. The molecule has 3 aliphatic rings. The van der Waals surface area contributed by atoms with Crippen molar-refractivity contribution in [2.75, 3.05) is 32.7 Å². The van der Waals surface area contributed by atoms with Crippen molar-refractivity contribution in [2.24, 2.45) is 11.3 Å². The van der Waals surface area contributed by atoms with Crippen LogP contribution in [0.1, 0.15) is 31.4 Å². The minimum absolute atomic E-state index is 0.212. The Morgan fingerprint density at radius 2 is 2.30 bits per heavy atom. The SMILES string of the molecule is O=C(NCCc1cnc[nH]1)[C@@]12CNC[C@@H]1CN(C1CCCC1)C2. The van der Waals surface area contributed by atoms with Crippen LogP contribution in [0.25, 0.3) is 0 Å². The van der Waals surface area contributed by atoms with Crippen molar-refractivity contribution in [3.8, 4) is 0 Å². The minimum atomic E-state index is -0.212. The number of aromatic nitrogens is 2. The largest absolute Gasteiger partial charge is 0.355 e. The molecular weight excluding hydrogens is 290 g/mol. The second kappa shape index (κ2) is 6.24. The molecule has 1 saturated carbocycles. The fourth-order valence-electron chi connectivity index (χ4n) is 4.74. The molecule has 1 aliphatic carbocycles. The first-order valence-corrected chi connectivity index (χ1v) is 8.98. The van der Waals surface area contributed by atoms with Gasteiger partial charge in [-0.25, -0.2) is 4.98 Å². The van der Waals surface area contributed by atoms with Crippen LogP contribution >= 0.6 is 0 Å². The molecule has 6 nitrogen and oxygen atoms in total. The lowest BCUT2D eigenvalue weighted by molar-refractivity contribution is -0.130. The van der Waals surface area contributed by atoms with Crippen LogP contribution in [0.4, 0.5) is 0 Å². The van der Waals surface area contributed by atoms with Crippen LogP contribution < -0.4 is 10.6 Å². The lowest BCUT2D eigenvalue weighted by atomic mass is 9.80. The average molecular weight is 317 g/mol. The van der Waals surface area contributed by atoms with Crippen molar-refractivity contribution in [3.05, 3.63) is 18.2 Å². The van der Waals surface area contributed by atoms with Crippen LogP contribution in [-0.4, -0.2) is 59.5 Å². The van der Waals surface area contributed by atoms with Gasteiger partial charge in [0, 0.05) is 63.0 Å². The summed E-state index contributed by atoms with van der Waals surface area (Å²) in [6, 6.07) is 0.718. The molecule has 2 atom stereocenters. The molecule has 126 valence electrons. The quantitative estimate of drug-likeness (QED) is 0.741. The number of aromatic amines is 1. The van der Waals surface area contributed by atoms with Gasteiger partial charge in [-0.3, -0.25) is 9.69 Å². The number of imidazole rings is 1.